The first-order valence-corrected chi connectivity index (χ1v) is 6.86. The predicted molar refractivity (Wildman–Crippen MR) is 72.4 cm³/mol. The van der Waals surface area contributed by atoms with E-state index >= 15 is 0 Å². The highest BCUT2D eigenvalue weighted by molar-refractivity contribution is 4.99. The number of nitrogens with zero attached hydrogens (tertiary/aromatic N) is 2. The maximum Gasteiger partial charge on any atom is 0.0948 e. The molecule has 1 saturated heterocycles. The van der Waals surface area contributed by atoms with E-state index < -0.39 is 0 Å². The molecule has 1 unspecified atom stereocenters. The lowest BCUT2D eigenvalue weighted by molar-refractivity contribution is 0.183. The van der Waals surface area contributed by atoms with Crippen molar-refractivity contribution in [3.8, 4) is 0 Å². The topological polar surface area (TPSA) is 39.1 Å². The summed E-state index contributed by atoms with van der Waals surface area (Å²) in [7, 11) is 0. The van der Waals surface area contributed by atoms with E-state index in [1.807, 2.05) is 12.5 Å². The van der Waals surface area contributed by atoms with Crippen LogP contribution in [0.3, 0.4) is 0 Å². The number of rotatable bonds is 5. The van der Waals surface area contributed by atoms with Crippen LogP contribution in [0.2, 0.25) is 0 Å². The number of ether oxygens (including phenoxy) is 1. The van der Waals surface area contributed by atoms with Crippen molar-refractivity contribution in [2.24, 2.45) is 5.92 Å². The summed E-state index contributed by atoms with van der Waals surface area (Å²) in [5.41, 5.74) is 1.41. The maximum absolute atomic E-state index is 5.41. The Kier molecular flexibility index (Phi) is 4.40. The Bertz CT molecular complexity index is 361. The predicted octanol–water partition coefficient (Wildman–Crippen LogP) is 2.20. The molecule has 1 atom stereocenters. The average molecular weight is 251 g/mol. The Morgan fingerprint density at radius 2 is 2.33 bits per heavy atom. The molecule has 1 aliphatic rings. The van der Waals surface area contributed by atoms with Crippen molar-refractivity contribution >= 4 is 0 Å². The number of imidazole rings is 1. The fraction of sp³-hybridized carbons (Fsp3) is 0.786. The number of aryl methyl sites for hydroxylation is 1. The van der Waals surface area contributed by atoms with Gasteiger partial charge in [-0.3, -0.25) is 0 Å². The molecule has 1 N–H and O–H groups in total. The van der Waals surface area contributed by atoms with Crippen molar-refractivity contribution in [3.05, 3.63) is 18.2 Å². The molecule has 1 fully saturated rings. The van der Waals surface area contributed by atoms with Crippen LogP contribution in [0.4, 0.5) is 0 Å². The Balaban J connectivity index is 1.83. The SMILES string of the molecule is CC(C)(C)NCc1cncn1CCC1CCOC1. The molecular formula is C14H25N3O. The lowest BCUT2D eigenvalue weighted by Gasteiger charge is -2.21. The molecule has 0 spiro atoms. The van der Waals surface area contributed by atoms with Crippen LogP contribution in [-0.2, 0) is 17.8 Å². The molecule has 2 rings (SSSR count). The van der Waals surface area contributed by atoms with Gasteiger partial charge in [0, 0.05) is 38.0 Å². The summed E-state index contributed by atoms with van der Waals surface area (Å²) in [6, 6.07) is 0. The van der Waals surface area contributed by atoms with Gasteiger partial charge in [0.1, 0.15) is 0 Å². The van der Waals surface area contributed by atoms with E-state index in [4.69, 9.17) is 4.74 Å². The Morgan fingerprint density at radius 3 is 3.00 bits per heavy atom. The van der Waals surface area contributed by atoms with Gasteiger partial charge in [-0.05, 0) is 39.5 Å². The normalized spacial score (nSPS) is 20.5. The van der Waals surface area contributed by atoms with Crippen LogP contribution in [-0.4, -0.2) is 28.3 Å². The van der Waals surface area contributed by atoms with E-state index in [0.29, 0.717) is 0 Å². The smallest absolute Gasteiger partial charge is 0.0948 e. The molecule has 4 nitrogen and oxygen atoms in total. The molecule has 18 heavy (non-hydrogen) atoms. The molecule has 0 bridgehead atoms. The van der Waals surface area contributed by atoms with Crippen molar-refractivity contribution in [1.29, 1.82) is 0 Å². The standard InChI is InChI=1S/C14H25N3O/c1-14(2,3)16-9-13-8-15-11-17(13)6-4-12-5-7-18-10-12/h8,11-12,16H,4-7,9-10H2,1-3H3. The largest absolute Gasteiger partial charge is 0.381 e. The minimum atomic E-state index is 0.147. The molecule has 0 aliphatic carbocycles. The minimum absolute atomic E-state index is 0.147. The number of nitrogens with one attached hydrogen (secondary N) is 1. The third-order valence-corrected chi connectivity index (χ3v) is 3.40. The maximum atomic E-state index is 5.41. The monoisotopic (exact) mass is 251 g/mol. The second-order valence-electron chi connectivity index (χ2n) is 6.20. The van der Waals surface area contributed by atoms with E-state index in [0.717, 1.165) is 32.2 Å². The average Bonchev–Trinajstić information content (AvgIpc) is 2.94. The summed E-state index contributed by atoms with van der Waals surface area (Å²) in [6.07, 6.45) is 6.31. The summed E-state index contributed by atoms with van der Waals surface area (Å²) in [5.74, 6) is 0.732. The van der Waals surface area contributed by atoms with E-state index in [1.54, 1.807) is 0 Å². The zero-order valence-electron chi connectivity index (χ0n) is 11.8. The summed E-state index contributed by atoms with van der Waals surface area (Å²) >= 11 is 0. The second kappa shape index (κ2) is 5.85. The Morgan fingerprint density at radius 1 is 1.50 bits per heavy atom. The lowest BCUT2D eigenvalue weighted by Crippen LogP contribution is -2.35. The van der Waals surface area contributed by atoms with Gasteiger partial charge in [-0.25, -0.2) is 4.98 Å². The van der Waals surface area contributed by atoms with Crippen molar-refractivity contribution < 1.29 is 4.74 Å². The number of hydrogen-bond acceptors (Lipinski definition) is 3. The van der Waals surface area contributed by atoms with Crippen molar-refractivity contribution in [1.82, 2.24) is 14.9 Å². The van der Waals surface area contributed by atoms with Crippen LogP contribution in [0.15, 0.2) is 12.5 Å². The van der Waals surface area contributed by atoms with E-state index in [9.17, 15) is 0 Å². The molecule has 0 saturated carbocycles. The van der Waals surface area contributed by atoms with Gasteiger partial charge in [-0.2, -0.15) is 0 Å². The van der Waals surface area contributed by atoms with Gasteiger partial charge in [0.25, 0.3) is 0 Å². The number of aromatic nitrogens is 2. The molecule has 0 radical (unpaired) electrons. The zero-order chi connectivity index (χ0) is 13.0. The fourth-order valence-electron chi connectivity index (χ4n) is 2.19. The lowest BCUT2D eigenvalue weighted by atomic mass is 10.1. The van der Waals surface area contributed by atoms with E-state index in [1.165, 1.54) is 18.5 Å². The van der Waals surface area contributed by atoms with Gasteiger partial charge >= 0.3 is 0 Å². The Hall–Kier alpha value is -0.870. The fourth-order valence-corrected chi connectivity index (χ4v) is 2.19. The Labute approximate surface area is 110 Å². The molecule has 102 valence electrons. The molecule has 1 aliphatic heterocycles. The first-order chi connectivity index (χ1) is 8.54. The van der Waals surface area contributed by atoms with Crippen molar-refractivity contribution in [2.75, 3.05) is 13.2 Å². The third kappa shape index (κ3) is 4.10. The van der Waals surface area contributed by atoms with Crippen LogP contribution < -0.4 is 5.32 Å². The van der Waals surface area contributed by atoms with Crippen molar-refractivity contribution in [3.63, 3.8) is 0 Å². The summed E-state index contributed by atoms with van der Waals surface area (Å²) in [6.45, 7) is 10.4. The van der Waals surface area contributed by atoms with Crippen LogP contribution in [0, 0.1) is 5.92 Å². The van der Waals surface area contributed by atoms with Crippen molar-refractivity contribution in [2.45, 2.75) is 52.2 Å². The summed E-state index contributed by atoms with van der Waals surface area (Å²) in [4.78, 5) is 4.26. The van der Waals surface area contributed by atoms with Gasteiger partial charge in [-0.15, -0.1) is 0 Å². The first kappa shape index (κ1) is 13.6. The molecular weight excluding hydrogens is 226 g/mol. The highest BCUT2D eigenvalue weighted by Gasteiger charge is 2.16. The molecule has 0 aromatic carbocycles. The summed E-state index contributed by atoms with van der Waals surface area (Å²) < 4.78 is 7.67. The minimum Gasteiger partial charge on any atom is -0.381 e. The van der Waals surface area contributed by atoms with Gasteiger partial charge < -0.3 is 14.6 Å². The van der Waals surface area contributed by atoms with E-state index in [2.05, 4.69) is 35.6 Å². The van der Waals surface area contributed by atoms with Gasteiger partial charge in [0.15, 0.2) is 0 Å². The molecule has 1 aromatic heterocycles. The van der Waals surface area contributed by atoms with E-state index in [-0.39, 0.29) is 5.54 Å². The van der Waals surface area contributed by atoms with Gasteiger partial charge in [0.05, 0.1) is 12.0 Å². The molecule has 2 heterocycles. The van der Waals surface area contributed by atoms with Gasteiger partial charge in [-0.1, -0.05) is 0 Å². The quantitative estimate of drug-likeness (QED) is 0.872. The van der Waals surface area contributed by atoms with Gasteiger partial charge in [0.2, 0.25) is 0 Å². The second-order valence-corrected chi connectivity index (χ2v) is 6.20. The van der Waals surface area contributed by atoms with Crippen LogP contribution in [0.5, 0.6) is 0 Å². The van der Waals surface area contributed by atoms with Crippen LogP contribution >= 0.6 is 0 Å². The highest BCUT2D eigenvalue weighted by atomic mass is 16.5. The summed E-state index contributed by atoms with van der Waals surface area (Å²) in [5, 5.41) is 3.51. The first-order valence-electron chi connectivity index (χ1n) is 6.86. The molecule has 4 heteroatoms. The highest BCUT2D eigenvalue weighted by Crippen LogP contribution is 2.17. The van der Waals surface area contributed by atoms with Crippen LogP contribution in [0.25, 0.3) is 0 Å². The molecule has 1 aromatic rings. The van der Waals surface area contributed by atoms with Crippen LogP contribution in [0.1, 0.15) is 39.3 Å². The number of hydrogen-bond donors (Lipinski definition) is 1. The zero-order valence-corrected chi connectivity index (χ0v) is 11.8. The third-order valence-electron chi connectivity index (χ3n) is 3.40. The molecule has 0 amide bonds.